The number of aryl methyl sites for hydroxylation is 1. The quantitative estimate of drug-likeness (QED) is 0.378. The zero-order valence-corrected chi connectivity index (χ0v) is 24.8. The van der Waals surface area contributed by atoms with Gasteiger partial charge in [0.1, 0.15) is 11.6 Å². The first-order valence-corrected chi connectivity index (χ1v) is 14.8. The summed E-state index contributed by atoms with van der Waals surface area (Å²) in [6, 6.07) is 15.5. The fourth-order valence-corrected chi connectivity index (χ4v) is 5.72. The maximum atomic E-state index is 14.0. The molecule has 1 saturated carbocycles. The third-order valence-corrected chi connectivity index (χ3v) is 8.11. The lowest BCUT2D eigenvalue weighted by Gasteiger charge is -2.39. The van der Waals surface area contributed by atoms with Crippen LogP contribution in [0.2, 0.25) is 0 Å². The van der Waals surface area contributed by atoms with Gasteiger partial charge in [-0.05, 0) is 72.5 Å². The van der Waals surface area contributed by atoms with Crippen LogP contribution in [0.3, 0.4) is 0 Å². The highest BCUT2D eigenvalue weighted by Gasteiger charge is 2.32. The van der Waals surface area contributed by atoms with Crippen LogP contribution >= 0.6 is 9.24 Å². The van der Waals surface area contributed by atoms with Gasteiger partial charge in [-0.1, -0.05) is 37.8 Å². The van der Waals surface area contributed by atoms with Crippen molar-refractivity contribution in [2.45, 2.75) is 33.1 Å². The third kappa shape index (κ3) is 6.43. The fourth-order valence-electron chi connectivity index (χ4n) is 5.29. The Bertz CT molecular complexity index is 1560. The van der Waals surface area contributed by atoms with Crippen molar-refractivity contribution in [3.05, 3.63) is 100.0 Å². The molecule has 7 nitrogen and oxygen atoms in total. The number of aromatic nitrogens is 2. The summed E-state index contributed by atoms with van der Waals surface area (Å²) >= 11 is 0. The summed E-state index contributed by atoms with van der Waals surface area (Å²) in [5.74, 6) is 1.08. The number of halogens is 1. The van der Waals surface area contributed by atoms with Crippen LogP contribution in [0.25, 0.3) is 16.8 Å². The highest BCUT2D eigenvalue weighted by Crippen LogP contribution is 2.34. The maximum Gasteiger partial charge on any atom is 0.271 e. The van der Waals surface area contributed by atoms with Crippen LogP contribution in [0.15, 0.2) is 71.8 Å². The molecule has 0 radical (unpaired) electrons. The van der Waals surface area contributed by atoms with Crippen molar-refractivity contribution >= 4 is 31.6 Å². The smallest absolute Gasteiger partial charge is 0.271 e. The monoisotopic (exact) mass is 573 g/mol. The minimum absolute atomic E-state index is 0.148. The molecule has 1 saturated heterocycles. The molecule has 9 heteroatoms. The van der Waals surface area contributed by atoms with Gasteiger partial charge in [0.05, 0.1) is 11.4 Å². The Labute approximate surface area is 242 Å². The Kier molecular flexibility index (Phi) is 8.69. The molecule has 1 amide bonds. The van der Waals surface area contributed by atoms with E-state index in [1.807, 2.05) is 31.2 Å². The van der Waals surface area contributed by atoms with Gasteiger partial charge in [0.15, 0.2) is 0 Å². The Morgan fingerprint density at radius 2 is 1.98 bits per heavy atom. The largest absolute Gasteiger partial charge is 0.371 e. The van der Waals surface area contributed by atoms with Crippen molar-refractivity contribution in [1.29, 1.82) is 0 Å². The molecule has 2 N–H and O–H groups in total. The molecule has 1 aliphatic carbocycles. The van der Waals surface area contributed by atoms with Gasteiger partial charge < -0.3 is 15.5 Å². The lowest BCUT2D eigenvalue weighted by atomic mass is 9.94. The van der Waals surface area contributed by atoms with Crippen molar-refractivity contribution in [1.82, 2.24) is 25.3 Å². The lowest BCUT2D eigenvalue weighted by molar-refractivity contribution is -0.122. The van der Waals surface area contributed by atoms with Gasteiger partial charge in [-0.2, -0.15) is 9.78 Å². The Hall–Kier alpha value is -3.77. The van der Waals surface area contributed by atoms with E-state index in [0.717, 1.165) is 54.9 Å². The first kappa shape index (κ1) is 28.7. The SMILES string of the molecule is C=C(/C(=C1/NCC(CNC(=O)C2CC2)CN1CCC)c1ccc(=O)n(-c2ccccc2C)n1)c1ccc(F)cc1P. The van der Waals surface area contributed by atoms with Gasteiger partial charge in [0.2, 0.25) is 5.91 Å². The standard InChI is InChI=1S/C32H37FN5O2P/c1-4-15-37-19-22(18-35-32(40)23-9-10-23)17-34-31(37)30(21(3)25-12-11-24(33)16-28(25)41)26-13-14-29(39)38(36-26)27-8-6-5-7-20(27)2/h5-8,11-14,16,22-23,34H,3-4,9-10,15,17-19,41H2,1-2H3,(H,35,40)/b31-30+. The van der Waals surface area contributed by atoms with E-state index in [1.54, 1.807) is 12.1 Å². The Morgan fingerprint density at radius 1 is 1.20 bits per heavy atom. The molecule has 2 atom stereocenters. The van der Waals surface area contributed by atoms with Gasteiger partial charge >= 0.3 is 0 Å². The number of nitrogens with one attached hydrogen (secondary N) is 2. The summed E-state index contributed by atoms with van der Waals surface area (Å²) in [5, 5.41) is 12.3. The van der Waals surface area contributed by atoms with Crippen LogP contribution in [0.5, 0.6) is 0 Å². The number of carbonyl (C=O) groups excluding carboxylic acids is 1. The van der Waals surface area contributed by atoms with Crippen molar-refractivity contribution < 1.29 is 9.18 Å². The third-order valence-electron chi connectivity index (χ3n) is 7.64. The summed E-state index contributed by atoms with van der Waals surface area (Å²) in [6.07, 6.45) is 2.87. The van der Waals surface area contributed by atoms with E-state index in [9.17, 15) is 14.0 Å². The van der Waals surface area contributed by atoms with Crippen LogP contribution in [0.1, 0.15) is 43.0 Å². The number of amides is 1. The number of rotatable bonds is 9. The van der Waals surface area contributed by atoms with Crippen LogP contribution in [0, 0.1) is 24.6 Å². The number of benzene rings is 2. The normalized spacial score (nSPS) is 18.0. The molecule has 41 heavy (non-hydrogen) atoms. The van der Waals surface area contributed by atoms with E-state index < -0.39 is 0 Å². The molecule has 2 aliphatic rings. The summed E-state index contributed by atoms with van der Waals surface area (Å²) in [5.41, 5.74) is 4.16. The molecule has 1 aromatic heterocycles. The number of para-hydroxylation sites is 1. The first-order valence-electron chi connectivity index (χ1n) is 14.2. The van der Waals surface area contributed by atoms with Crippen LogP contribution in [-0.4, -0.2) is 46.8 Å². The average Bonchev–Trinajstić information content (AvgIpc) is 3.80. The predicted molar refractivity (Wildman–Crippen MR) is 165 cm³/mol. The number of hydrogen-bond acceptors (Lipinski definition) is 5. The molecule has 2 unspecified atom stereocenters. The van der Waals surface area contributed by atoms with E-state index in [-0.39, 0.29) is 29.1 Å². The zero-order chi connectivity index (χ0) is 29.1. The van der Waals surface area contributed by atoms with Crippen molar-refractivity contribution in [3.63, 3.8) is 0 Å². The molecule has 2 heterocycles. The number of allylic oxidation sites excluding steroid dienone is 2. The highest BCUT2D eigenvalue weighted by molar-refractivity contribution is 7.27. The van der Waals surface area contributed by atoms with Crippen molar-refractivity contribution in [2.75, 3.05) is 26.2 Å². The Morgan fingerprint density at radius 3 is 2.68 bits per heavy atom. The predicted octanol–water partition coefficient (Wildman–Crippen LogP) is 4.02. The topological polar surface area (TPSA) is 79.3 Å². The second kappa shape index (κ2) is 12.4. The summed E-state index contributed by atoms with van der Waals surface area (Å²) in [4.78, 5) is 27.6. The first-order chi connectivity index (χ1) is 19.8. The van der Waals surface area contributed by atoms with Gasteiger partial charge in [0.25, 0.3) is 5.56 Å². The molecular formula is C32H37FN5O2P. The summed E-state index contributed by atoms with van der Waals surface area (Å²) in [6.45, 7) is 11.3. The molecule has 1 aliphatic heterocycles. The molecule has 2 aromatic carbocycles. The van der Waals surface area contributed by atoms with E-state index in [4.69, 9.17) is 5.10 Å². The van der Waals surface area contributed by atoms with E-state index in [0.29, 0.717) is 35.3 Å². The molecule has 0 spiro atoms. The average molecular weight is 574 g/mol. The van der Waals surface area contributed by atoms with Crippen molar-refractivity contribution in [3.8, 4) is 5.69 Å². The number of carbonyl (C=O) groups is 1. The molecule has 2 fully saturated rings. The molecule has 5 rings (SSSR count). The number of hydrogen-bond donors (Lipinski definition) is 2. The second-order valence-electron chi connectivity index (χ2n) is 10.9. The summed E-state index contributed by atoms with van der Waals surface area (Å²) in [7, 11) is 2.60. The molecule has 3 aromatic rings. The van der Waals surface area contributed by atoms with Crippen LogP contribution in [-0.2, 0) is 4.79 Å². The number of nitrogens with zero attached hydrogens (tertiary/aromatic N) is 3. The zero-order valence-electron chi connectivity index (χ0n) is 23.6. The van der Waals surface area contributed by atoms with Gasteiger partial charge in [0, 0.05) is 49.7 Å². The van der Waals surface area contributed by atoms with Gasteiger partial charge in [-0.15, -0.1) is 9.24 Å². The van der Waals surface area contributed by atoms with Gasteiger partial charge in [-0.3, -0.25) is 9.59 Å². The summed E-state index contributed by atoms with van der Waals surface area (Å²) < 4.78 is 15.5. The minimum atomic E-state index is -0.327. The van der Waals surface area contributed by atoms with Crippen molar-refractivity contribution in [2.24, 2.45) is 11.8 Å². The Balaban J connectivity index is 1.59. The minimum Gasteiger partial charge on any atom is -0.371 e. The fraction of sp³-hybridized carbons (Fsp3) is 0.344. The van der Waals surface area contributed by atoms with E-state index >= 15 is 0 Å². The molecule has 214 valence electrons. The molecular weight excluding hydrogens is 536 g/mol. The lowest BCUT2D eigenvalue weighted by Crippen LogP contribution is -2.49. The van der Waals surface area contributed by atoms with Gasteiger partial charge in [-0.25, -0.2) is 4.39 Å². The maximum absolute atomic E-state index is 14.0. The second-order valence-corrected chi connectivity index (χ2v) is 11.5. The van der Waals surface area contributed by atoms with E-state index in [1.165, 1.54) is 22.9 Å². The highest BCUT2D eigenvalue weighted by atomic mass is 31.0. The molecule has 0 bridgehead atoms. The van der Waals surface area contributed by atoms with E-state index in [2.05, 4.69) is 38.3 Å². The van der Waals surface area contributed by atoms with Crippen LogP contribution < -0.4 is 21.5 Å². The van der Waals surface area contributed by atoms with Crippen LogP contribution in [0.4, 0.5) is 4.39 Å².